The molecule has 1 fully saturated rings. The molecule has 15 N–H and O–H groups in total. The summed E-state index contributed by atoms with van der Waals surface area (Å²) in [5.41, 5.74) is 16.0. The predicted molar refractivity (Wildman–Crippen MR) is 273 cm³/mol. The molecule has 0 spiro atoms. The molecule has 1 aliphatic heterocycles. The van der Waals surface area contributed by atoms with Crippen LogP contribution < -0.4 is 54.2 Å². The van der Waals surface area contributed by atoms with Crippen LogP contribution in [0, 0.1) is 0 Å². The molecule has 1 saturated heterocycles. The maximum absolute atomic E-state index is 14.7. The van der Waals surface area contributed by atoms with Gasteiger partial charge >= 0.3 is 11.9 Å². The van der Waals surface area contributed by atoms with Gasteiger partial charge in [-0.2, -0.15) is 5.48 Å². The van der Waals surface area contributed by atoms with Crippen LogP contribution in [0.3, 0.4) is 0 Å². The van der Waals surface area contributed by atoms with Crippen molar-refractivity contribution in [3.8, 4) is 0 Å². The van der Waals surface area contributed by atoms with Gasteiger partial charge in [-0.15, -0.1) is 0 Å². The molecule has 7 amide bonds. The van der Waals surface area contributed by atoms with E-state index in [2.05, 4.69) is 62.6 Å². The maximum Gasteiger partial charge on any atom is 0.327 e. The molecular weight excluding hydrogens is 973 g/mol. The highest BCUT2D eigenvalue weighted by Crippen LogP contribution is 2.20. The summed E-state index contributed by atoms with van der Waals surface area (Å²) in [4.78, 5) is 144. The number of H-pyrrole nitrogens is 2. The minimum atomic E-state index is -1.67. The molecule has 4 aromatic rings. The van der Waals surface area contributed by atoms with Crippen molar-refractivity contribution in [1.29, 1.82) is 0 Å². The van der Waals surface area contributed by atoms with Gasteiger partial charge in [0.2, 0.25) is 41.4 Å². The summed E-state index contributed by atoms with van der Waals surface area (Å²) in [6, 6.07) is 5.99. The fourth-order valence-corrected chi connectivity index (χ4v) is 8.30. The molecule has 0 aliphatic carbocycles. The number of fused-ring (bicyclic) bond motifs is 1. The summed E-state index contributed by atoms with van der Waals surface area (Å²) >= 11 is 0. The van der Waals surface area contributed by atoms with Crippen molar-refractivity contribution in [3.63, 3.8) is 0 Å². The first-order chi connectivity index (χ1) is 36.0. The highest BCUT2D eigenvalue weighted by atomic mass is 16.7. The number of guanidine groups is 1. The van der Waals surface area contributed by atoms with Gasteiger partial charge in [0.05, 0.1) is 12.7 Å². The summed E-state index contributed by atoms with van der Waals surface area (Å²) in [5.74, 6) is -8.28. The molecule has 0 unspecified atom stereocenters. The predicted octanol–water partition coefficient (Wildman–Crippen LogP) is -0.717. The molecular formula is C50H68N14O11. The van der Waals surface area contributed by atoms with Gasteiger partial charge in [0.1, 0.15) is 42.3 Å². The molecule has 404 valence electrons. The number of imidazole rings is 1. The van der Waals surface area contributed by atoms with Crippen molar-refractivity contribution in [2.24, 2.45) is 16.5 Å². The van der Waals surface area contributed by atoms with Gasteiger partial charge in [-0.05, 0) is 55.7 Å². The van der Waals surface area contributed by atoms with Crippen molar-refractivity contribution >= 4 is 70.2 Å². The lowest BCUT2D eigenvalue weighted by Crippen LogP contribution is -2.61. The number of nitrogens with one attached hydrogen (secondary N) is 10. The molecule has 25 nitrogen and oxygen atoms in total. The summed E-state index contributed by atoms with van der Waals surface area (Å²) in [6.45, 7) is 3.16. The number of carbonyl (C=O) groups excluding carboxylic acids is 8. The fourth-order valence-electron chi connectivity index (χ4n) is 8.30. The van der Waals surface area contributed by atoms with E-state index in [9.17, 15) is 48.3 Å². The van der Waals surface area contributed by atoms with Crippen LogP contribution in [0.25, 0.3) is 10.9 Å². The Morgan fingerprint density at radius 1 is 0.800 bits per heavy atom. The summed E-state index contributed by atoms with van der Waals surface area (Å²) < 4.78 is 0. The number of carboxylic acid groups (broad SMARTS) is 1. The normalized spacial score (nSPS) is 21.4. The number of aromatic nitrogens is 3. The van der Waals surface area contributed by atoms with Gasteiger partial charge in [0, 0.05) is 68.3 Å². The van der Waals surface area contributed by atoms with Crippen LogP contribution >= 0.6 is 0 Å². The van der Waals surface area contributed by atoms with Crippen LogP contribution in [0.15, 0.2) is 78.3 Å². The molecule has 1 aliphatic rings. The number of hydroxylamine groups is 1. The van der Waals surface area contributed by atoms with Crippen molar-refractivity contribution in [1.82, 2.24) is 57.6 Å². The third-order valence-electron chi connectivity index (χ3n) is 12.2. The van der Waals surface area contributed by atoms with Crippen molar-refractivity contribution < 1.29 is 53.1 Å². The number of nitrogens with zero attached hydrogens (tertiary/aromatic N) is 2. The summed E-state index contributed by atoms with van der Waals surface area (Å²) in [5, 5.41) is 29.5. The third-order valence-corrected chi connectivity index (χ3v) is 12.2. The van der Waals surface area contributed by atoms with Crippen LogP contribution in [0.2, 0.25) is 0 Å². The van der Waals surface area contributed by atoms with Crippen LogP contribution in [0.1, 0.15) is 88.5 Å². The third kappa shape index (κ3) is 18.9. The zero-order chi connectivity index (χ0) is 54.3. The van der Waals surface area contributed by atoms with Crippen molar-refractivity contribution in [3.05, 3.63) is 90.1 Å². The zero-order valence-corrected chi connectivity index (χ0v) is 41.9. The SMILES string of the molecule is CCCC[C@H](NC(C)=O)C(=O)N[C@H]1CC(=O)ONCCCC[C@@H](C(=O)O)NC(=O)[C@H](Cc2c[nH]c3ccccc23)NC(=O)[C@H](CCCN=C(N)N)NC(=O)[C@@H](Cc2ccccc2)NC(=O)[C@H](Cc2cnc[nH]2)NC1=O. The largest absolute Gasteiger partial charge is 0.480 e. The van der Waals surface area contributed by atoms with E-state index in [0.717, 1.165) is 10.9 Å². The number of rotatable bonds is 17. The number of aliphatic carboxylic acids is 1. The molecule has 3 heterocycles. The first-order valence-electron chi connectivity index (χ1n) is 24.9. The van der Waals surface area contributed by atoms with Crippen LogP contribution in [0.5, 0.6) is 0 Å². The molecule has 0 saturated carbocycles. The average molecular weight is 1040 g/mol. The lowest BCUT2D eigenvalue weighted by atomic mass is 10.0. The number of hydrogen-bond donors (Lipinski definition) is 13. The second-order valence-electron chi connectivity index (χ2n) is 18.2. The van der Waals surface area contributed by atoms with Crippen molar-refractivity contribution in [2.45, 2.75) is 133 Å². The highest BCUT2D eigenvalue weighted by molar-refractivity contribution is 5.98. The number of para-hydroxylation sites is 1. The number of aromatic amines is 2. The summed E-state index contributed by atoms with van der Waals surface area (Å²) in [6.07, 6.45) is 5.02. The topological polar surface area (TPSA) is 388 Å². The zero-order valence-electron chi connectivity index (χ0n) is 41.9. The standard InChI is InChI=1S/C50H68N14O11/c1-3-4-16-35(58-29(2)65)43(67)64-41-25-42(66)75-57-21-11-10-18-37(49(73)74)60-46(70)39(23-31-26-55-34-17-9-8-15-33(31)34)62-44(68)36(19-12-20-54-50(51)52)59-45(69)38(22-30-13-6-5-7-14-30)61-47(71)40(63-48(41)72)24-32-27-53-28-56-32/h5-9,13-15,17,26-28,35-41,55,57H,3-4,10-12,16,18-25H2,1-2H3,(H,53,56)(H,58,65)(H,59,69)(H,60,70)(H,61,71)(H,62,68)(H,63,72)(H,64,67)(H,73,74)(H4,51,52,54)/t35-,36-,37-,38+,39-,40-,41-/m0/s1. The second kappa shape index (κ2) is 29.4. The minimum Gasteiger partial charge on any atom is -0.480 e. The minimum absolute atomic E-state index is 0.00296. The van der Waals surface area contributed by atoms with E-state index in [4.69, 9.17) is 16.3 Å². The van der Waals surface area contributed by atoms with E-state index in [-0.39, 0.29) is 76.8 Å². The quantitative estimate of drug-likeness (QED) is 0.0353. The molecule has 75 heavy (non-hydrogen) atoms. The molecule has 0 bridgehead atoms. The van der Waals surface area contributed by atoms with Gasteiger partial charge in [-0.3, -0.25) is 43.3 Å². The number of carboxylic acids is 1. The van der Waals surface area contributed by atoms with E-state index in [1.165, 1.54) is 19.4 Å². The van der Waals surface area contributed by atoms with Gasteiger partial charge < -0.3 is 68.6 Å². The Morgan fingerprint density at radius 3 is 2.13 bits per heavy atom. The highest BCUT2D eigenvalue weighted by Gasteiger charge is 2.36. The fraction of sp³-hybridized carbons (Fsp3) is 0.460. The van der Waals surface area contributed by atoms with Gasteiger partial charge in [-0.25, -0.2) is 9.78 Å². The molecule has 5 rings (SSSR count). The van der Waals surface area contributed by atoms with Crippen LogP contribution in [0.4, 0.5) is 0 Å². The summed E-state index contributed by atoms with van der Waals surface area (Å²) in [7, 11) is 0. The van der Waals surface area contributed by atoms with Gasteiger partial charge in [0.25, 0.3) is 0 Å². The second-order valence-corrected chi connectivity index (χ2v) is 18.2. The van der Waals surface area contributed by atoms with E-state index in [1.54, 1.807) is 42.6 Å². The Hall–Kier alpha value is -8.35. The number of hydrogen-bond acceptors (Lipinski definition) is 13. The lowest BCUT2D eigenvalue weighted by Gasteiger charge is -2.28. The molecule has 2 aromatic heterocycles. The molecule has 25 heteroatoms. The van der Waals surface area contributed by atoms with E-state index in [1.807, 2.05) is 25.1 Å². The first-order valence-corrected chi connectivity index (χ1v) is 24.9. The number of unbranched alkanes of at least 4 members (excludes halogenated alkanes) is 1. The van der Waals surface area contributed by atoms with E-state index in [0.29, 0.717) is 29.7 Å². The van der Waals surface area contributed by atoms with Crippen molar-refractivity contribution in [2.75, 3.05) is 13.1 Å². The number of aliphatic imine (C=N–C) groups is 1. The Bertz CT molecular complexity index is 2600. The number of benzene rings is 2. The smallest absolute Gasteiger partial charge is 0.327 e. The van der Waals surface area contributed by atoms with Crippen LogP contribution in [-0.2, 0) is 67.3 Å². The van der Waals surface area contributed by atoms with E-state index < -0.39 is 102 Å². The molecule has 7 atom stereocenters. The number of amides is 7. The molecule has 0 radical (unpaired) electrons. The monoisotopic (exact) mass is 1040 g/mol. The van der Waals surface area contributed by atoms with Crippen LogP contribution in [-0.4, -0.2) is 135 Å². The average Bonchev–Trinajstić information content (AvgIpc) is 4.05. The first kappa shape index (κ1) is 57.5. The van der Waals surface area contributed by atoms with Gasteiger partial charge in [0.15, 0.2) is 5.96 Å². The Kier molecular flexibility index (Phi) is 22.5. The maximum atomic E-state index is 14.7. The van der Waals surface area contributed by atoms with Gasteiger partial charge in [-0.1, -0.05) is 68.3 Å². The lowest BCUT2D eigenvalue weighted by molar-refractivity contribution is -0.153. The number of nitrogens with two attached hydrogens (primary N) is 2. The Morgan fingerprint density at radius 2 is 1.45 bits per heavy atom. The Labute approximate surface area is 432 Å². The Balaban J connectivity index is 1.54. The molecule has 2 aromatic carbocycles. The van der Waals surface area contributed by atoms with E-state index >= 15 is 0 Å². The number of carbonyl (C=O) groups is 9.